The van der Waals surface area contributed by atoms with Crippen molar-refractivity contribution in [2.24, 2.45) is 0 Å². The Morgan fingerprint density at radius 2 is 2.00 bits per heavy atom. The van der Waals surface area contributed by atoms with Gasteiger partial charge < -0.3 is 5.32 Å². The number of carbonyl (C=O) groups is 1. The van der Waals surface area contributed by atoms with Crippen molar-refractivity contribution in [2.75, 3.05) is 0 Å². The molecule has 1 amide bonds. The van der Waals surface area contributed by atoms with Crippen molar-refractivity contribution in [2.45, 2.75) is 13.0 Å². The average molecular weight is 201 g/mol. The summed E-state index contributed by atoms with van der Waals surface area (Å²) in [7, 11) is 0. The summed E-state index contributed by atoms with van der Waals surface area (Å²) in [5.74, 6) is -0.0770. The van der Waals surface area contributed by atoms with E-state index in [9.17, 15) is 4.79 Å². The highest BCUT2D eigenvalue weighted by molar-refractivity contribution is 5.74. The molecule has 0 spiro atoms. The third kappa shape index (κ3) is 3.09. The van der Waals surface area contributed by atoms with Gasteiger partial charge >= 0.3 is 0 Å². The fraction of sp³-hybridized carbons (Fsp3) is 0.154. The lowest BCUT2D eigenvalue weighted by atomic mass is 10.00. The highest BCUT2D eigenvalue weighted by atomic mass is 16.1. The molecule has 1 rings (SSSR count). The molecule has 1 atom stereocenters. The van der Waals surface area contributed by atoms with Gasteiger partial charge in [0.05, 0.1) is 6.04 Å². The SMILES string of the molecule is C=CC(=C)[C@@H](NC(C)=O)c1ccccc1. The zero-order valence-corrected chi connectivity index (χ0v) is 8.86. The Labute approximate surface area is 90.3 Å². The van der Waals surface area contributed by atoms with E-state index in [-0.39, 0.29) is 11.9 Å². The first kappa shape index (κ1) is 11.2. The van der Waals surface area contributed by atoms with Crippen molar-refractivity contribution in [3.63, 3.8) is 0 Å². The molecule has 0 aliphatic heterocycles. The van der Waals surface area contributed by atoms with Crippen LogP contribution in [0.1, 0.15) is 18.5 Å². The van der Waals surface area contributed by atoms with Gasteiger partial charge in [-0.25, -0.2) is 0 Å². The van der Waals surface area contributed by atoms with Gasteiger partial charge in [0.25, 0.3) is 0 Å². The Morgan fingerprint density at radius 1 is 1.40 bits per heavy atom. The summed E-state index contributed by atoms with van der Waals surface area (Å²) < 4.78 is 0. The average Bonchev–Trinajstić information content (AvgIpc) is 2.26. The van der Waals surface area contributed by atoms with Crippen molar-refractivity contribution in [3.05, 3.63) is 60.7 Å². The molecule has 15 heavy (non-hydrogen) atoms. The molecular weight excluding hydrogens is 186 g/mol. The number of nitrogens with one attached hydrogen (secondary N) is 1. The van der Waals surface area contributed by atoms with Crippen LogP contribution in [-0.4, -0.2) is 5.91 Å². The molecule has 2 heteroatoms. The van der Waals surface area contributed by atoms with Gasteiger partial charge in [-0.3, -0.25) is 4.79 Å². The summed E-state index contributed by atoms with van der Waals surface area (Å²) in [6.07, 6.45) is 1.66. The van der Waals surface area contributed by atoms with Crippen molar-refractivity contribution in [3.8, 4) is 0 Å². The first-order valence-electron chi connectivity index (χ1n) is 4.78. The Balaban J connectivity index is 2.96. The third-order valence-corrected chi connectivity index (χ3v) is 2.11. The van der Waals surface area contributed by atoms with E-state index in [1.807, 2.05) is 30.3 Å². The minimum absolute atomic E-state index is 0.0770. The maximum absolute atomic E-state index is 11.1. The van der Waals surface area contributed by atoms with Crippen LogP contribution in [0, 0.1) is 0 Å². The van der Waals surface area contributed by atoms with Gasteiger partial charge in [-0.2, -0.15) is 0 Å². The molecule has 1 aromatic rings. The van der Waals surface area contributed by atoms with E-state index in [1.165, 1.54) is 6.92 Å². The second-order valence-corrected chi connectivity index (χ2v) is 3.32. The third-order valence-electron chi connectivity index (χ3n) is 2.11. The molecule has 0 aromatic heterocycles. The number of carbonyl (C=O) groups excluding carboxylic acids is 1. The largest absolute Gasteiger partial charge is 0.345 e. The predicted molar refractivity (Wildman–Crippen MR) is 62.3 cm³/mol. The Bertz CT molecular complexity index is 367. The van der Waals surface area contributed by atoms with Gasteiger partial charge in [-0.1, -0.05) is 49.6 Å². The van der Waals surface area contributed by atoms with Crippen LogP contribution in [0.15, 0.2) is 55.1 Å². The van der Waals surface area contributed by atoms with E-state index in [1.54, 1.807) is 6.08 Å². The van der Waals surface area contributed by atoms with Gasteiger partial charge in [0.2, 0.25) is 5.91 Å². The zero-order chi connectivity index (χ0) is 11.3. The van der Waals surface area contributed by atoms with E-state index < -0.39 is 0 Å². The van der Waals surface area contributed by atoms with Gasteiger partial charge in [0.15, 0.2) is 0 Å². The predicted octanol–water partition coefficient (Wildman–Crippen LogP) is 2.61. The maximum Gasteiger partial charge on any atom is 0.217 e. The second kappa shape index (κ2) is 5.15. The molecule has 0 saturated heterocycles. The second-order valence-electron chi connectivity index (χ2n) is 3.32. The van der Waals surface area contributed by atoms with Crippen molar-refractivity contribution < 1.29 is 4.79 Å². The molecule has 0 unspecified atom stereocenters. The standard InChI is InChI=1S/C13H15NO/c1-4-10(2)13(14-11(3)15)12-8-6-5-7-9-12/h4-9,13H,1-2H2,3H3,(H,14,15)/t13-/m1/s1. The maximum atomic E-state index is 11.1. The van der Waals surface area contributed by atoms with Gasteiger partial charge in [-0.15, -0.1) is 0 Å². The number of benzene rings is 1. The topological polar surface area (TPSA) is 29.1 Å². The highest BCUT2D eigenvalue weighted by Crippen LogP contribution is 2.20. The number of amides is 1. The van der Waals surface area contributed by atoms with Crippen molar-refractivity contribution >= 4 is 5.91 Å². The summed E-state index contributed by atoms with van der Waals surface area (Å²) in [4.78, 5) is 11.1. The lowest BCUT2D eigenvalue weighted by Gasteiger charge is -2.18. The van der Waals surface area contributed by atoms with Crippen LogP contribution >= 0.6 is 0 Å². The summed E-state index contributed by atoms with van der Waals surface area (Å²) in [6, 6.07) is 9.53. The molecule has 0 aliphatic rings. The van der Waals surface area contributed by atoms with Gasteiger partial charge in [0, 0.05) is 6.92 Å². The Kier molecular flexibility index (Phi) is 3.86. The molecule has 0 fully saturated rings. The summed E-state index contributed by atoms with van der Waals surface area (Å²) >= 11 is 0. The molecule has 0 saturated carbocycles. The van der Waals surface area contributed by atoms with E-state index >= 15 is 0 Å². The van der Waals surface area contributed by atoms with Crippen LogP contribution in [0.2, 0.25) is 0 Å². The molecule has 2 nitrogen and oxygen atoms in total. The van der Waals surface area contributed by atoms with E-state index in [0.29, 0.717) is 0 Å². The van der Waals surface area contributed by atoms with Crippen LogP contribution in [0.4, 0.5) is 0 Å². The Hall–Kier alpha value is -1.83. The molecule has 78 valence electrons. The normalized spacial score (nSPS) is 11.5. The molecule has 1 N–H and O–H groups in total. The monoisotopic (exact) mass is 201 g/mol. The first-order valence-corrected chi connectivity index (χ1v) is 4.78. The smallest absolute Gasteiger partial charge is 0.217 e. The lowest BCUT2D eigenvalue weighted by Crippen LogP contribution is -2.26. The molecular formula is C13H15NO. The summed E-state index contributed by atoms with van der Waals surface area (Å²) in [5, 5.41) is 2.84. The molecule has 0 heterocycles. The molecule has 0 radical (unpaired) electrons. The minimum Gasteiger partial charge on any atom is -0.345 e. The Morgan fingerprint density at radius 3 is 2.47 bits per heavy atom. The number of rotatable bonds is 4. The van der Waals surface area contributed by atoms with E-state index in [4.69, 9.17) is 0 Å². The van der Waals surface area contributed by atoms with Crippen LogP contribution in [0.25, 0.3) is 0 Å². The summed E-state index contributed by atoms with van der Waals surface area (Å²) in [5.41, 5.74) is 1.80. The fourth-order valence-electron chi connectivity index (χ4n) is 1.36. The number of hydrogen-bond donors (Lipinski definition) is 1. The van der Waals surface area contributed by atoms with Crippen LogP contribution in [0.3, 0.4) is 0 Å². The van der Waals surface area contributed by atoms with Gasteiger partial charge in [-0.05, 0) is 11.1 Å². The lowest BCUT2D eigenvalue weighted by molar-refractivity contribution is -0.119. The number of hydrogen-bond acceptors (Lipinski definition) is 1. The first-order chi connectivity index (χ1) is 7.15. The fourth-order valence-corrected chi connectivity index (χ4v) is 1.36. The van der Waals surface area contributed by atoms with Crippen LogP contribution in [0.5, 0.6) is 0 Å². The van der Waals surface area contributed by atoms with Crippen molar-refractivity contribution in [1.82, 2.24) is 5.32 Å². The van der Waals surface area contributed by atoms with E-state index in [0.717, 1.165) is 11.1 Å². The van der Waals surface area contributed by atoms with Gasteiger partial charge in [0.1, 0.15) is 0 Å². The van der Waals surface area contributed by atoms with Crippen molar-refractivity contribution in [1.29, 1.82) is 0 Å². The molecule has 1 aromatic carbocycles. The zero-order valence-electron chi connectivity index (χ0n) is 8.86. The summed E-state index contributed by atoms with van der Waals surface area (Å²) in [6.45, 7) is 9.03. The molecule has 0 bridgehead atoms. The van der Waals surface area contributed by atoms with Crippen LogP contribution < -0.4 is 5.32 Å². The van der Waals surface area contributed by atoms with Crippen LogP contribution in [-0.2, 0) is 4.79 Å². The molecule has 0 aliphatic carbocycles. The highest BCUT2D eigenvalue weighted by Gasteiger charge is 2.13. The quantitative estimate of drug-likeness (QED) is 0.745. The minimum atomic E-state index is -0.179. The van der Waals surface area contributed by atoms with E-state index in [2.05, 4.69) is 18.5 Å².